The van der Waals surface area contributed by atoms with Crippen molar-refractivity contribution in [1.82, 2.24) is 0 Å². The van der Waals surface area contributed by atoms with E-state index in [-0.39, 0.29) is 0 Å². The SMILES string of the molecule is CCC(C)=C(C)CCCCC(C)C#CC(C)CC. The summed E-state index contributed by atoms with van der Waals surface area (Å²) in [6.45, 7) is 13.5. The van der Waals surface area contributed by atoms with Crippen LogP contribution in [0, 0.1) is 23.7 Å². The molecule has 0 nitrogen and oxygen atoms in total. The minimum Gasteiger partial charge on any atom is -0.0999 e. The lowest BCUT2D eigenvalue weighted by atomic mass is 9.98. The first kappa shape index (κ1) is 17.3. The zero-order valence-electron chi connectivity index (χ0n) is 13.4. The summed E-state index contributed by atoms with van der Waals surface area (Å²) in [5.41, 5.74) is 3.16. The van der Waals surface area contributed by atoms with Gasteiger partial charge in [0, 0.05) is 11.8 Å². The molecule has 0 heteroatoms. The molecular formula is C18H32. The van der Waals surface area contributed by atoms with Gasteiger partial charge >= 0.3 is 0 Å². The second kappa shape index (κ2) is 10.2. The van der Waals surface area contributed by atoms with E-state index in [1.165, 1.54) is 38.5 Å². The normalized spacial score (nSPS) is 15.4. The molecule has 0 amide bonds. The van der Waals surface area contributed by atoms with Gasteiger partial charge in [-0.05, 0) is 46.0 Å². The van der Waals surface area contributed by atoms with Crippen LogP contribution in [0.4, 0.5) is 0 Å². The molecule has 0 N–H and O–H groups in total. The van der Waals surface area contributed by atoms with Crippen molar-refractivity contribution in [3.05, 3.63) is 11.1 Å². The van der Waals surface area contributed by atoms with Gasteiger partial charge in [-0.2, -0.15) is 0 Å². The number of unbranched alkanes of at least 4 members (excludes halogenated alkanes) is 1. The summed E-state index contributed by atoms with van der Waals surface area (Å²) in [6, 6.07) is 0. The zero-order valence-corrected chi connectivity index (χ0v) is 13.4. The molecular weight excluding hydrogens is 216 g/mol. The second-order valence-corrected chi connectivity index (χ2v) is 5.66. The molecule has 0 rings (SSSR count). The van der Waals surface area contributed by atoms with Gasteiger partial charge in [0.1, 0.15) is 0 Å². The van der Waals surface area contributed by atoms with Crippen molar-refractivity contribution in [3.8, 4) is 11.8 Å². The summed E-state index contributed by atoms with van der Waals surface area (Å²) in [7, 11) is 0. The first-order valence-corrected chi connectivity index (χ1v) is 7.67. The van der Waals surface area contributed by atoms with E-state index < -0.39 is 0 Å². The van der Waals surface area contributed by atoms with Gasteiger partial charge < -0.3 is 0 Å². The first-order chi connectivity index (χ1) is 8.51. The highest BCUT2D eigenvalue weighted by Crippen LogP contribution is 2.16. The maximum atomic E-state index is 3.39. The molecule has 0 heterocycles. The average molecular weight is 248 g/mol. The molecule has 0 aromatic rings. The van der Waals surface area contributed by atoms with E-state index in [2.05, 4.69) is 53.4 Å². The Morgan fingerprint density at radius 2 is 1.50 bits per heavy atom. The molecule has 0 fully saturated rings. The molecule has 0 saturated carbocycles. The number of hydrogen-bond donors (Lipinski definition) is 0. The van der Waals surface area contributed by atoms with Crippen LogP contribution < -0.4 is 0 Å². The Kier molecular flexibility index (Phi) is 9.85. The Bertz CT molecular complexity index is 298. The van der Waals surface area contributed by atoms with Crippen LogP contribution in [0.5, 0.6) is 0 Å². The number of rotatable bonds is 7. The smallest absolute Gasteiger partial charge is 0.0174 e. The van der Waals surface area contributed by atoms with E-state index in [9.17, 15) is 0 Å². The Labute approximate surface area is 115 Å². The van der Waals surface area contributed by atoms with Crippen LogP contribution in [0.3, 0.4) is 0 Å². The lowest BCUT2D eigenvalue weighted by Gasteiger charge is -2.07. The van der Waals surface area contributed by atoms with Gasteiger partial charge in [-0.15, -0.1) is 0 Å². The second-order valence-electron chi connectivity index (χ2n) is 5.66. The minimum absolute atomic E-state index is 0.560. The molecule has 0 saturated heterocycles. The molecule has 0 aliphatic rings. The Morgan fingerprint density at radius 1 is 0.889 bits per heavy atom. The van der Waals surface area contributed by atoms with E-state index >= 15 is 0 Å². The summed E-state index contributed by atoms with van der Waals surface area (Å²) >= 11 is 0. The predicted octanol–water partition coefficient (Wildman–Crippen LogP) is 5.98. The van der Waals surface area contributed by atoms with Gasteiger partial charge in [0.2, 0.25) is 0 Å². The third kappa shape index (κ3) is 8.40. The average Bonchev–Trinajstić information content (AvgIpc) is 2.39. The topological polar surface area (TPSA) is 0 Å². The third-order valence-electron chi connectivity index (χ3n) is 3.89. The quantitative estimate of drug-likeness (QED) is 0.295. The van der Waals surface area contributed by atoms with Crippen molar-refractivity contribution >= 4 is 0 Å². The highest BCUT2D eigenvalue weighted by Gasteiger charge is 2.00. The molecule has 0 bridgehead atoms. The molecule has 0 aromatic heterocycles. The van der Waals surface area contributed by atoms with Gasteiger partial charge in [0.25, 0.3) is 0 Å². The van der Waals surface area contributed by atoms with Crippen LogP contribution in [-0.2, 0) is 0 Å². The molecule has 0 spiro atoms. The van der Waals surface area contributed by atoms with Crippen molar-refractivity contribution in [2.45, 2.75) is 80.1 Å². The Balaban J connectivity index is 3.81. The van der Waals surface area contributed by atoms with Gasteiger partial charge in [-0.25, -0.2) is 0 Å². The molecule has 18 heavy (non-hydrogen) atoms. The van der Waals surface area contributed by atoms with Gasteiger partial charge in [0.05, 0.1) is 0 Å². The van der Waals surface area contributed by atoms with Crippen molar-refractivity contribution in [2.75, 3.05) is 0 Å². The van der Waals surface area contributed by atoms with Gasteiger partial charge in [0.15, 0.2) is 0 Å². The van der Waals surface area contributed by atoms with Crippen LogP contribution in [-0.4, -0.2) is 0 Å². The molecule has 104 valence electrons. The highest BCUT2D eigenvalue weighted by atomic mass is 14.1. The van der Waals surface area contributed by atoms with Crippen molar-refractivity contribution in [3.63, 3.8) is 0 Å². The van der Waals surface area contributed by atoms with E-state index in [0.29, 0.717) is 11.8 Å². The monoisotopic (exact) mass is 248 g/mol. The van der Waals surface area contributed by atoms with E-state index in [4.69, 9.17) is 0 Å². The summed E-state index contributed by atoms with van der Waals surface area (Å²) in [5.74, 6) is 7.87. The first-order valence-electron chi connectivity index (χ1n) is 7.67. The van der Waals surface area contributed by atoms with E-state index in [0.717, 1.165) is 0 Å². The maximum absolute atomic E-state index is 3.39. The lowest BCUT2D eigenvalue weighted by molar-refractivity contribution is 0.590. The van der Waals surface area contributed by atoms with Crippen molar-refractivity contribution < 1.29 is 0 Å². The third-order valence-corrected chi connectivity index (χ3v) is 3.89. The fourth-order valence-electron chi connectivity index (χ4n) is 1.81. The minimum atomic E-state index is 0.560. The number of allylic oxidation sites excluding steroid dienone is 2. The van der Waals surface area contributed by atoms with Crippen LogP contribution in [0.15, 0.2) is 11.1 Å². The summed E-state index contributed by atoms with van der Waals surface area (Å²) in [4.78, 5) is 0. The van der Waals surface area contributed by atoms with Gasteiger partial charge in [-0.1, -0.05) is 57.1 Å². The summed E-state index contributed by atoms with van der Waals surface area (Å²) in [5, 5.41) is 0. The number of hydrogen-bond acceptors (Lipinski definition) is 0. The highest BCUT2D eigenvalue weighted by molar-refractivity contribution is 5.08. The summed E-state index contributed by atoms with van der Waals surface area (Å²) in [6.07, 6.45) is 7.51. The standard InChI is InChI=1S/C18H32/c1-7-15(3)13-14-16(4)11-9-10-12-18(6)17(5)8-2/h15-16H,7-12H2,1-6H3. The largest absolute Gasteiger partial charge is 0.0999 e. The van der Waals surface area contributed by atoms with Crippen molar-refractivity contribution in [1.29, 1.82) is 0 Å². The molecule has 2 unspecified atom stereocenters. The van der Waals surface area contributed by atoms with Crippen LogP contribution in [0.25, 0.3) is 0 Å². The molecule has 0 aliphatic heterocycles. The fourth-order valence-corrected chi connectivity index (χ4v) is 1.81. The zero-order chi connectivity index (χ0) is 14.0. The van der Waals surface area contributed by atoms with Crippen LogP contribution in [0.2, 0.25) is 0 Å². The maximum Gasteiger partial charge on any atom is 0.0174 e. The molecule has 0 radical (unpaired) electrons. The molecule has 0 aliphatic carbocycles. The fraction of sp³-hybridized carbons (Fsp3) is 0.778. The lowest BCUT2D eigenvalue weighted by Crippen LogP contribution is -1.93. The van der Waals surface area contributed by atoms with Crippen LogP contribution in [0.1, 0.15) is 80.1 Å². The molecule has 2 atom stereocenters. The van der Waals surface area contributed by atoms with E-state index in [1.807, 2.05) is 0 Å². The van der Waals surface area contributed by atoms with Crippen LogP contribution >= 0.6 is 0 Å². The van der Waals surface area contributed by atoms with Crippen molar-refractivity contribution in [2.24, 2.45) is 11.8 Å². The predicted molar refractivity (Wildman–Crippen MR) is 83.5 cm³/mol. The Morgan fingerprint density at radius 3 is 2.06 bits per heavy atom. The van der Waals surface area contributed by atoms with Gasteiger partial charge in [-0.3, -0.25) is 0 Å². The summed E-state index contributed by atoms with van der Waals surface area (Å²) < 4.78 is 0. The Hall–Kier alpha value is -0.700. The molecule has 0 aromatic carbocycles. The van der Waals surface area contributed by atoms with E-state index in [1.54, 1.807) is 11.1 Å².